The zero-order valence-electron chi connectivity index (χ0n) is 15.2. The number of hydrogen-bond acceptors (Lipinski definition) is 5. The molecule has 2 amide bonds. The summed E-state index contributed by atoms with van der Waals surface area (Å²) in [6.07, 6.45) is 3.47. The van der Waals surface area contributed by atoms with Crippen LogP contribution in [0.1, 0.15) is 52.3 Å². The largest absolute Gasteiger partial charge is 0.376 e. The van der Waals surface area contributed by atoms with E-state index in [9.17, 15) is 4.79 Å². The van der Waals surface area contributed by atoms with Gasteiger partial charge in [0, 0.05) is 32.0 Å². The first-order chi connectivity index (χ1) is 11.4. The molecule has 24 heavy (non-hydrogen) atoms. The summed E-state index contributed by atoms with van der Waals surface area (Å²) in [6.45, 7) is 10.2. The molecule has 0 spiro atoms. The zero-order valence-corrected chi connectivity index (χ0v) is 15.2. The highest BCUT2D eigenvalue weighted by Crippen LogP contribution is 2.14. The Labute approximate surface area is 144 Å². The minimum atomic E-state index is -0.00482. The van der Waals surface area contributed by atoms with Gasteiger partial charge in [-0.2, -0.15) is 4.98 Å². The minimum Gasteiger partial charge on any atom is -0.376 e. The first kappa shape index (κ1) is 18.7. The standard InChI is InChI=1S/C17H30N4O3/c1-12(2)10-16-19-15(20-24-16)7-9-23-14-6-5-8-21(11-14)17(22)18-13(3)4/h12-14H,5-11H2,1-4H3,(H,18,22). The quantitative estimate of drug-likeness (QED) is 0.826. The Morgan fingerprint density at radius 3 is 2.92 bits per heavy atom. The van der Waals surface area contributed by atoms with Gasteiger partial charge >= 0.3 is 6.03 Å². The molecule has 136 valence electrons. The normalized spacial score (nSPS) is 18.4. The number of rotatable bonds is 7. The van der Waals surface area contributed by atoms with Crippen molar-refractivity contribution in [3.8, 4) is 0 Å². The van der Waals surface area contributed by atoms with Crippen LogP contribution in [-0.4, -0.2) is 52.9 Å². The first-order valence-corrected chi connectivity index (χ1v) is 8.92. The summed E-state index contributed by atoms with van der Waals surface area (Å²) >= 11 is 0. The highest BCUT2D eigenvalue weighted by Gasteiger charge is 2.24. The second-order valence-corrected chi connectivity index (χ2v) is 7.14. The van der Waals surface area contributed by atoms with E-state index in [0.717, 1.165) is 25.8 Å². The number of carbonyl (C=O) groups is 1. The number of hydrogen-bond donors (Lipinski definition) is 1. The van der Waals surface area contributed by atoms with Crippen LogP contribution in [0.4, 0.5) is 4.79 Å². The average molecular weight is 338 g/mol. The van der Waals surface area contributed by atoms with Crippen molar-refractivity contribution in [3.05, 3.63) is 11.7 Å². The molecule has 0 bridgehead atoms. The van der Waals surface area contributed by atoms with Gasteiger partial charge in [-0.15, -0.1) is 0 Å². The van der Waals surface area contributed by atoms with Gasteiger partial charge in [-0.05, 0) is 32.6 Å². The molecule has 0 saturated carbocycles. The molecule has 1 fully saturated rings. The predicted octanol–water partition coefficient (Wildman–Crippen LogP) is 2.41. The number of urea groups is 1. The molecular weight excluding hydrogens is 308 g/mol. The first-order valence-electron chi connectivity index (χ1n) is 8.92. The van der Waals surface area contributed by atoms with Gasteiger partial charge in [0.25, 0.3) is 0 Å². The van der Waals surface area contributed by atoms with Crippen LogP contribution in [-0.2, 0) is 17.6 Å². The number of nitrogens with zero attached hydrogens (tertiary/aromatic N) is 3. The van der Waals surface area contributed by atoms with Gasteiger partial charge in [-0.25, -0.2) is 4.79 Å². The molecule has 1 atom stereocenters. The van der Waals surface area contributed by atoms with Gasteiger partial charge in [-0.1, -0.05) is 19.0 Å². The lowest BCUT2D eigenvalue weighted by Crippen LogP contribution is -2.49. The average Bonchev–Trinajstić information content (AvgIpc) is 2.93. The van der Waals surface area contributed by atoms with Crippen LogP contribution in [0.25, 0.3) is 0 Å². The fourth-order valence-electron chi connectivity index (χ4n) is 2.74. The minimum absolute atomic E-state index is 0.00482. The van der Waals surface area contributed by atoms with Crippen LogP contribution in [0.5, 0.6) is 0 Å². The van der Waals surface area contributed by atoms with E-state index in [-0.39, 0.29) is 18.2 Å². The van der Waals surface area contributed by atoms with Crippen molar-refractivity contribution in [1.82, 2.24) is 20.4 Å². The van der Waals surface area contributed by atoms with Gasteiger partial charge in [-0.3, -0.25) is 0 Å². The van der Waals surface area contributed by atoms with E-state index in [1.807, 2.05) is 18.7 Å². The highest BCUT2D eigenvalue weighted by atomic mass is 16.5. The van der Waals surface area contributed by atoms with Crippen LogP contribution < -0.4 is 5.32 Å². The third-order valence-electron chi connectivity index (χ3n) is 3.85. The van der Waals surface area contributed by atoms with Crippen LogP contribution in [0.3, 0.4) is 0 Å². The van der Waals surface area contributed by atoms with E-state index in [4.69, 9.17) is 9.26 Å². The molecule has 7 heteroatoms. The van der Waals surface area contributed by atoms with Crippen molar-refractivity contribution in [2.45, 2.75) is 65.5 Å². The molecule has 1 aromatic heterocycles. The second-order valence-electron chi connectivity index (χ2n) is 7.14. The molecule has 1 aliphatic heterocycles. The molecule has 0 aromatic carbocycles. The summed E-state index contributed by atoms with van der Waals surface area (Å²) in [6, 6.07) is 0.145. The molecule has 1 N–H and O–H groups in total. The second kappa shape index (κ2) is 9.01. The Morgan fingerprint density at radius 1 is 1.42 bits per heavy atom. The van der Waals surface area contributed by atoms with Gasteiger partial charge in [0.1, 0.15) is 0 Å². The van der Waals surface area contributed by atoms with Crippen molar-refractivity contribution in [2.75, 3.05) is 19.7 Å². The van der Waals surface area contributed by atoms with E-state index >= 15 is 0 Å². The van der Waals surface area contributed by atoms with E-state index in [0.29, 0.717) is 37.2 Å². The smallest absolute Gasteiger partial charge is 0.317 e. The van der Waals surface area contributed by atoms with E-state index in [1.54, 1.807) is 0 Å². The fraction of sp³-hybridized carbons (Fsp3) is 0.824. The van der Waals surface area contributed by atoms with E-state index < -0.39 is 0 Å². The fourth-order valence-corrected chi connectivity index (χ4v) is 2.74. The number of carbonyl (C=O) groups excluding carboxylic acids is 1. The molecule has 1 unspecified atom stereocenters. The maximum absolute atomic E-state index is 12.1. The lowest BCUT2D eigenvalue weighted by atomic mass is 10.1. The van der Waals surface area contributed by atoms with Crippen molar-refractivity contribution >= 4 is 6.03 Å². The monoisotopic (exact) mass is 338 g/mol. The summed E-state index contributed by atoms with van der Waals surface area (Å²) in [5.41, 5.74) is 0. The zero-order chi connectivity index (χ0) is 17.5. The number of likely N-dealkylation sites (tertiary alicyclic amines) is 1. The summed E-state index contributed by atoms with van der Waals surface area (Å²) in [5, 5.41) is 6.92. The van der Waals surface area contributed by atoms with Crippen molar-refractivity contribution in [2.24, 2.45) is 5.92 Å². The number of amides is 2. The van der Waals surface area contributed by atoms with Gasteiger partial charge in [0.2, 0.25) is 5.89 Å². The summed E-state index contributed by atoms with van der Waals surface area (Å²) in [4.78, 5) is 18.3. The summed E-state index contributed by atoms with van der Waals surface area (Å²) in [7, 11) is 0. The Kier molecular flexibility index (Phi) is 7.02. The molecule has 2 rings (SSSR count). The maximum Gasteiger partial charge on any atom is 0.317 e. The molecular formula is C17H30N4O3. The van der Waals surface area contributed by atoms with E-state index in [1.165, 1.54) is 0 Å². The molecule has 1 aliphatic rings. The third kappa shape index (κ3) is 6.11. The Morgan fingerprint density at radius 2 is 2.21 bits per heavy atom. The summed E-state index contributed by atoms with van der Waals surface area (Å²) < 4.78 is 11.1. The highest BCUT2D eigenvalue weighted by molar-refractivity contribution is 5.74. The van der Waals surface area contributed by atoms with Crippen LogP contribution in [0.15, 0.2) is 4.52 Å². The van der Waals surface area contributed by atoms with Crippen LogP contribution >= 0.6 is 0 Å². The van der Waals surface area contributed by atoms with Crippen molar-refractivity contribution in [3.63, 3.8) is 0 Å². The van der Waals surface area contributed by atoms with E-state index in [2.05, 4.69) is 29.3 Å². The SMILES string of the molecule is CC(C)Cc1nc(CCOC2CCCN(C(=O)NC(C)C)C2)no1. The Balaban J connectivity index is 1.72. The van der Waals surface area contributed by atoms with Crippen molar-refractivity contribution in [1.29, 1.82) is 0 Å². The molecule has 1 aromatic rings. The number of piperidine rings is 1. The van der Waals surface area contributed by atoms with Crippen molar-refractivity contribution < 1.29 is 14.1 Å². The lowest BCUT2D eigenvalue weighted by Gasteiger charge is -2.33. The van der Waals surface area contributed by atoms with Crippen LogP contribution in [0, 0.1) is 5.92 Å². The van der Waals surface area contributed by atoms with Gasteiger partial charge in [0.05, 0.1) is 12.7 Å². The summed E-state index contributed by atoms with van der Waals surface area (Å²) in [5.74, 6) is 1.88. The van der Waals surface area contributed by atoms with Gasteiger partial charge < -0.3 is 19.5 Å². The Hall–Kier alpha value is -1.63. The lowest BCUT2D eigenvalue weighted by molar-refractivity contribution is 0.0103. The molecule has 1 saturated heterocycles. The topological polar surface area (TPSA) is 80.5 Å². The maximum atomic E-state index is 12.1. The molecule has 0 radical (unpaired) electrons. The number of ether oxygens (including phenoxy) is 1. The van der Waals surface area contributed by atoms with Crippen LogP contribution in [0.2, 0.25) is 0 Å². The molecule has 0 aliphatic carbocycles. The third-order valence-corrected chi connectivity index (χ3v) is 3.85. The molecule has 2 heterocycles. The predicted molar refractivity (Wildman–Crippen MR) is 90.8 cm³/mol. The number of nitrogens with one attached hydrogen (secondary N) is 1. The molecule has 7 nitrogen and oxygen atoms in total. The number of aromatic nitrogens is 2. The Bertz CT molecular complexity index is 516. The van der Waals surface area contributed by atoms with Gasteiger partial charge in [0.15, 0.2) is 5.82 Å².